The Morgan fingerprint density at radius 1 is 1.10 bits per heavy atom. The largest absolute Gasteiger partial charge is 0.451 e. The first-order valence-corrected chi connectivity index (χ1v) is 9.47. The number of aryl methyl sites for hydroxylation is 1. The Bertz CT molecular complexity index is 1080. The molecular weight excluding hydrogens is 395 g/mol. The summed E-state index contributed by atoms with van der Waals surface area (Å²) >= 11 is 1.10. The van der Waals surface area contributed by atoms with E-state index in [0.29, 0.717) is 27.5 Å². The third-order valence-corrected chi connectivity index (χ3v) is 5.17. The van der Waals surface area contributed by atoms with Gasteiger partial charge in [0.05, 0.1) is 11.4 Å². The van der Waals surface area contributed by atoms with Crippen LogP contribution in [0.4, 0.5) is 10.1 Å². The van der Waals surface area contributed by atoms with Crippen molar-refractivity contribution in [3.63, 3.8) is 0 Å². The zero-order chi connectivity index (χ0) is 21.0. The number of amides is 1. The third-order valence-electron chi connectivity index (χ3n) is 3.99. The van der Waals surface area contributed by atoms with Gasteiger partial charge >= 0.3 is 5.97 Å². The van der Waals surface area contributed by atoms with Gasteiger partial charge < -0.3 is 10.1 Å². The molecule has 0 spiro atoms. The molecule has 0 radical (unpaired) electrons. The molecule has 2 aromatic carbocycles. The SMILES string of the molecule is CC(=O)c1ccccc1NC(=O)COC(=O)c1sc(-c2ccc(F)cc2)nc1C. The fourth-order valence-electron chi connectivity index (χ4n) is 2.58. The highest BCUT2D eigenvalue weighted by atomic mass is 32.1. The van der Waals surface area contributed by atoms with E-state index in [9.17, 15) is 18.8 Å². The maximum Gasteiger partial charge on any atom is 0.350 e. The topological polar surface area (TPSA) is 85.4 Å². The van der Waals surface area contributed by atoms with Gasteiger partial charge in [-0.1, -0.05) is 12.1 Å². The van der Waals surface area contributed by atoms with Gasteiger partial charge in [-0.2, -0.15) is 0 Å². The molecule has 0 aliphatic rings. The summed E-state index contributed by atoms with van der Waals surface area (Å²) < 4.78 is 18.2. The Hall–Kier alpha value is -3.39. The van der Waals surface area contributed by atoms with E-state index in [2.05, 4.69) is 10.3 Å². The molecule has 8 heteroatoms. The number of hydrogen-bond donors (Lipinski definition) is 1. The number of halogens is 1. The number of benzene rings is 2. The minimum Gasteiger partial charge on any atom is -0.451 e. The summed E-state index contributed by atoms with van der Waals surface area (Å²) in [5.74, 6) is -1.79. The molecule has 6 nitrogen and oxygen atoms in total. The van der Waals surface area contributed by atoms with Gasteiger partial charge in [0, 0.05) is 11.1 Å². The highest BCUT2D eigenvalue weighted by molar-refractivity contribution is 7.17. The van der Waals surface area contributed by atoms with Crippen LogP contribution in [0.25, 0.3) is 10.6 Å². The maximum atomic E-state index is 13.1. The van der Waals surface area contributed by atoms with Crippen molar-refractivity contribution in [3.05, 3.63) is 70.5 Å². The second kappa shape index (κ2) is 8.74. The zero-order valence-corrected chi connectivity index (χ0v) is 16.5. The monoisotopic (exact) mass is 412 g/mol. The molecule has 0 aliphatic carbocycles. The first-order valence-electron chi connectivity index (χ1n) is 8.65. The van der Waals surface area contributed by atoms with Crippen molar-refractivity contribution in [3.8, 4) is 10.6 Å². The van der Waals surface area contributed by atoms with Crippen LogP contribution >= 0.6 is 11.3 Å². The molecule has 1 heterocycles. The number of thiazole rings is 1. The summed E-state index contributed by atoms with van der Waals surface area (Å²) in [7, 11) is 0. The normalized spacial score (nSPS) is 10.4. The number of esters is 1. The third kappa shape index (κ3) is 4.91. The van der Waals surface area contributed by atoms with Gasteiger partial charge in [0.2, 0.25) is 0 Å². The molecule has 0 atom stereocenters. The van der Waals surface area contributed by atoms with E-state index in [0.717, 1.165) is 11.3 Å². The van der Waals surface area contributed by atoms with E-state index in [1.807, 2.05) is 0 Å². The number of aromatic nitrogens is 1. The number of carbonyl (C=O) groups is 3. The number of carbonyl (C=O) groups excluding carboxylic acids is 3. The lowest BCUT2D eigenvalue weighted by molar-refractivity contribution is -0.119. The first-order chi connectivity index (χ1) is 13.8. The lowest BCUT2D eigenvalue weighted by Gasteiger charge is -2.09. The average molecular weight is 412 g/mol. The van der Waals surface area contributed by atoms with Crippen LogP contribution in [0.3, 0.4) is 0 Å². The number of rotatable bonds is 6. The summed E-state index contributed by atoms with van der Waals surface area (Å²) in [4.78, 5) is 40.7. The number of anilines is 1. The fraction of sp³-hybridized carbons (Fsp3) is 0.143. The smallest absolute Gasteiger partial charge is 0.350 e. The van der Waals surface area contributed by atoms with Crippen LogP contribution in [-0.2, 0) is 9.53 Å². The molecule has 3 aromatic rings. The number of para-hydroxylation sites is 1. The molecule has 0 saturated carbocycles. The average Bonchev–Trinajstić information content (AvgIpc) is 3.08. The molecule has 0 saturated heterocycles. The van der Waals surface area contributed by atoms with E-state index >= 15 is 0 Å². The van der Waals surface area contributed by atoms with Crippen LogP contribution in [0.15, 0.2) is 48.5 Å². The second-order valence-corrected chi connectivity index (χ2v) is 7.17. The molecule has 29 heavy (non-hydrogen) atoms. The fourth-order valence-corrected chi connectivity index (χ4v) is 3.55. The van der Waals surface area contributed by atoms with Crippen molar-refractivity contribution in [1.82, 2.24) is 4.98 Å². The van der Waals surface area contributed by atoms with Crippen LogP contribution in [0.1, 0.15) is 32.6 Å². The molecule has 0 fully saturated rings. The number of ether oxygens (including phenoxy) is 1. The standard InChI is InChI=1S/C21H17FN2O4S/c1-12-19(29-20(23-12)14-7-9-15(22)10-8-14)21(27)28-11-18(26)24-17-6-4-3-5-16(17)13(2)25/h3-10H,11H2,1-2H3,(H,24,26). The zero-order valence-electron chi connectivity index (χ0n) is 15.7. The molecule has 0 unspecified atom stereocenters. The van der Waals surface area contributed by atoms with Gasteiger partial charge in [-0.15, -0.1) is 11.3 Å². The van der Waals surface area contributed by atoms with E-state index in [1.165, 1.54) is 19.1 Å². The molecule has 148 valence electrons. The minimum atomic E-state index is -0.677. The van der Waals surface area contributed by atoms with Crippen LogP contribution in [0, 0.1) is 12.7 Å². The van der Waals surface area contributed by atoms with Crippen LogP contribution < -0.4 is 5.32 Å². The molecule has 1 N–H and O–H groups in total. The van der Waals surface area contributed by atoms with Crippen LogP contribution in [-0.4, -0.2) is 29.3 Å². The van der Waals surface area contributed by atoms with Gasteiger partial charge in [0.25, 0.3) is 5.91 Å². The van der Waals surface area contributed by atoms with Crippen LogP contribution in [0.2, 0.25) is 0 Å². The van der Waals surface area contributed by atoms with Crippen LogP contribution in [0.5, 0.6) is 0 Å². The summed E-state index contributed by atoms with van der Waals surface area (Å²) in [6, 6.07) is 12.3. The maximum absolute atomic E-state index is 13.1. The number of nitrogens with one attached hydrogen (secondary N) is 1. The second-order valence-electron chi connectivity index (χ2n) is 6.17. The first kappa shape index (κ1) is 20.3. The Labute approximate surface area is 170 Å². The van der Waals surface area contributed by atoms with Crippen molar-refractivity contribution in [2.75, 3.05) is 11.9 Å². The molecule has 1 aromatic heterocycles. The Balaban J connectivity index is 1.65. The Morgan fingerprint density at radius 3 is 2.48 bits per heavy atom. The Kier molecular flexibility index (Phi) is 6.13. The van der Waals surface area contributed by atoms with E-state index in [4.69, 9.17) is 4.74 Å². The molecule has 0 bridgehead atoms. The quantitative estimate of drug-likeness (QED) is 0.483. The number of hydrogen-bond acceptors (Lipinski definition) is 6. The summed E-state index contributed by atoms with van der Waals surface area (Å²) in [6.07, 6.45) is 0. The molecule has 0 aliphatic heterocycles. The van der Waals surface area contributed by atoms with E-state index in [-0.39, 0.29) is 16.5 Å². The van der Waals surface area contributed by atoms with Gasteiger partial charge in [0.1, 0.15) is 15.7 Å². The highest BCUT2D eigenvalue weighted by Gasteiger charge is 2.19. The van der Waals surface area contributed by atoms with E-state index < -0.39 is 18.5 Å². The van der Waals surface area contributed by atoms with Gasteiger partial charge in [0.15, 0.2) is 12.4 Å². The minimum absolute atomic E-state index is 0.188. The lowest BCUT2D eigenvalue weighted by Crippen LogP contribution is -2.21. The van der Waals surface area contributed by atoms with Gasteiger partial charge in [-0.05, 0) is 50.2 Å². The van der Waals surface area contributed by atoms with E-state index in [1.54, 1.807) is 43.3 Å². The predicted octanol–water partition coefficient (Wildman–Crippen LogP) is 4.26. The number of Topliss-reactive ketones (excluding diaryl/α,β-unsaturated/α-hetero) is 1. The molecule has 1 amide bonds. The van der Waals surface area contributed by atoms with Crippen molar-refractivity contribution < 1.29 is 23.5 Å². The molecule has 3 rings (SSSR count). The summed E-state index contributed by atoms with van der Waals surface area (Å²) in [5, 5.41) is 3.12. The van der Waals surface area contributed by atoms with Crippen molar-refractivity contribution in [1.29, 1.82) is 0 Å². The van der Waals surface area contributed by atoms with Crippen molar-refractivity contribution >= 4 is 34.7 Å². The Morgan fingerprint density at radius 2 is 1.79 bits per heavy atom. The van der Waals surface area contributed by atoms with Crippen molar-refractivity contribution in [2.45, 2.75) is 13.8 Å². The predicted molar refractivity (Wildman–Crippen MR) is 108 cm³/mol. The van der Waals surface area contributed by atoms with Crippen molar-refractivity contribution in [2.24, 2.45) is 0 Å². The lowest BCUT2D eigenvalue weighted by atomic mass is 10.1. The summed E-state index contributed by atoms with van der Waals surface area (Å²) in [6.45, 7) is 2.55. The summed E-state index contributed by atoms with van der Waals surface area (Å²) in [5.41, 5.74) is 1.86. The highest BCUT2D eigenvalue weighted by Crippen LogP contribution is 2.28. The number of nitrogens with zero attached hydrogens (tertiary/aromatic N) is 1. The molecular formula is C21H17FN2O4S. The van der Waals surface area contributed by atoms with Gasteiger partial charge in [-0.25, -0.2) is 14.2 Å². The number of ketones is 1. The van der Waals surface area contributed by atoms with Gasteiger partial charge in [-0.3, -0.25) is 9.59 Å².